The van der Waals surface area contributed by atoms with Gasteiger partial charge in [0.05, 0.1) is 6.10 Å². The van der Waals surface area contributed by atoms with Crippen molar-refractivity contribution in [2.75, 3.05) is 31.2 Å². The molecule has 0 amide bonds. The quantitative estimate of drug-likeness (QED) is 0.655. The first-order chi connectivity index (χ1) is 9.18. The van der Waals surface area contributed by atoms with Crippen molar-refractivity contribution in [3.05, 3.63) is 0 Å². The molecular formula is C16H31NOS. The first kappa shape index (κ1) is 15.7. The first-order valence-corrected chi connectivity index (χ1v) is 9.23. The van der Waals surface area contributed by atoms with Gasteiger partial charge in [0.1, 0.15) is 0 Å². The smallest absolute Gasteiger partial charge is 0.0672 e. The van der Waals surface area contributed by atoms with Gasteiger partial charge in [-0.1, -0.05) is 20.8 Å². The summed E-state index contributed by atoms with van der Waals surface area (Å²) in [5, 5.41) is 3.72. The highest BCUT2D eigenvalue weighted by atomic mass is 32.2. The summed E-state index contributed by atoms with van der Waals surface area (Å²) < 4.78 is 6.13. The summed E-state index contributed by atoms with van der Waals surface area (Å²) in [6, 6.07) is 0. The van der Waals surface area contributed by atoms with E-state index < -0.39 is 0 Å². The number of nitrogens with one attached hydrogen (secondary N) is 1. The minimum Gasteiger partial charge on any atom is -0.377 e. The molecule has 19 heavy (non-hydrogen) atoms. The van der Waals surface area contributed by atoms with Gasteiger partial charge in [-0.3, -0.25) is 0 Å². The molecule has 2 aliphatic rings. The lowest BCUT2D eigenvalue weighted by Gasteiger charge is -2.35. The highest BCUT2D eigenvalue weighted by Crippen LogP contribution is 2.49. The lowest BCUT2D eigenvalue weighted by Crippen LogP contribution is -2.43. The molecular weight excluding hydrogens is 254 g/mol. The first-order valence-electron chi connectivity index (χ1n) is 8.08. The summed E-state index contributed by atoms with van der Waals surface area (Å²) in [4.78, 5) is 0. The molecule has 0 bridgehead atoms. The van der Waals surface area contributed by atoms with Crippen LogP contribution in [0.4, 0.5) is 0 Å². The normalized spacial score (nSPS) is 31.3. The fourth-order valence-corrected chi connectivity index (χ4v) is 4.16. The Bertz CT molecular complexity index is 267. The van der Waals surface area contributed by atoms with Crippen LogP contribution >= 0.6 is 11.8 Å². The van der Waals surface area contributed by atoms with Gasteiger partial charge in [-0.15, -0.1) is 0 Å². The van der Waals surface area contributed by atoms with Gasteiger partial charge in [0, 0.05) is 18.6 Å². The van der Waals surface area contributed by atoms with Crippen LogP contribution in [0.1, 0.15) is 46.5 Å². The molecule has 2 nitrogen and oxygen atoms in total. The molecule has 0 radical (unpaired) electrons. The van der Waals surface area contributed by atoms with Crippen molar-refractivity contribution in [1.29, 1.82) is 0 Å². The molecule has 1 aliphatic carbocycles. The molecule has 1 aliphatic heterocycles. The fourth-order valence-electron chi connectivity index (χ4n) is 3.32. The van der Waals surface area contributed by atoms with Crippen LogP contribution in [0, 0.1) is 17.3 Å². The second-order valence-electron chi connectivity index (χ2n) is 6.71. The number of hydrogen-bond acceptors (Lipinski definition) is 3. The van der Waals surface area contributed by atoms with E-state index in [1.165, 1.54) is 37.2 Å². The minimum absolute atomic E-state index is 0.429. The van der Waals surface area contributed by atoms with E-state index in [1.54, 1.807) is 0 Å². The molecule has 1 heterocycles. The lowest BCUT2D eigenvalue weighted by molar-refractivity contribution is 0.0291. The van der Waals surface area contributed by atoms with E-state index in [-0.39, 0.29) is 0 Å². The van der Waals surface area contributed by atoms with Crippen molar-refractivity contribution in [3.8, 4) is 0 Å². The number of rotatable bonds is 9. The van der Waals surface area contributed by atoms with Crippen LogP contribution in [0.15, 0.2) is 0 Å². The highest BCUT2D eigenvalue weighted by molar-refractivity contribution is 7.99. The van der Waals surface area contributed by atoms with Crippen LogP contribution in [0.2, 0.25) is 0 Å². The average molecular weight is 285 g/mol. The van der Waals surface area contributed by atoms with Gasteiger partial charge in [0.15, 0.2) is 0 Å². The van der Waals surface area contributed by atoms with Crippen LogP contribution in [0.5, 0.6) is 0 Å². The van der Waals surface area contributed by atoms with Crippen molar-refractivity contribution in [3.63, 3.8) is 0 Å². The minimum atomic E-state index is 0.429. The van der Waals surface area contributed by atoms with E-state index in [1.807, 2.05) is 0 Å². The molecule has 1 N–H and O–H groups in total. The van der Waals surface area contributed by atoms with Crippen molar-refractivity contribution in [1.82, 2.24) is 5.32 Å². The molecule has 1 saturated carbocycles. The maximum Gasteiger partial charge on any atom is 0.0672 e. The zero-order valence-corrected chi connectivity index (χ0v) is 13.7. The Morgan fingerprint density at radius 3 is 2.79 bits per heavy atom. The van der Waals surface area contributed by atoms with Crippen LogP contribution in [-0.4, -0.2) is 37.3 Å². The summed E-state index contributed by atoms with van der Waals surface area (Å²) in [6.45, 7) is 10.1. The van der Waals surface area contributed by atoms with Crippen LogP contribution in [0.3, 0.4) is 0 Å². The Labute approximate surface area is 123 Å². The Hall–Kier alpha value is 0.270. The van der Waals surface area contributed by atoms with Crippen molar-refractivity contribution >= 4 is 11.8 Å². The molecule has 3 heteroatoms. The Morgan fingerprint density at radius 1 is 1.37 bits per heavy atom. The highest BCUT2D eigenvalue weighted by Gasteiger charge is 2.50. The largest absolute Gasteiger partial charge is 0.377 e. The maximum atomic E-state index is 6.13. The van der Waals surface area contributed by atoms with Crippen molar-refractivity contribution in [2.24, 2.45) is 17.3 Å². The van der Waals surface area contributed by atoms with E-state index in [0.29, 0.717) is 11.5 Å². The van der Waals surface area contributed by atoms with Gasteiger partial charge in [0.2, 0.25) is 0 Å². The Morgan fingerprint density at radius 2 is 2.16 bits per heavy atom. The van der Waals surface area contributed by atoms with Crippen LogP contribution in [-0.2, 0) is 4.74 Å². The molecule has 2 fully saturated rings. The molecule has 112 valence electrons. The molecule has 0 aromatic carbocycles. The predicted molar refractivity (Wildman–Crippen MR) is 84.8 cm³/mol. The van der Waals surface area contributed by atoms with Crippen molar-refractivity contribution in [2.45, 2.75) is 52.6 Å². The molecule has 0 aromatic heterocycles. The van der Waals surface area contributed by atoms with Crippen LogP contribution < -0.4 is 5.32 Å². The lowest BCUT2D eigenvalue weighted by atomic mass is 9.76. The van der Waals surface area contributed by atoms with E-state index in [4.69, 9.17) is 4.74 Å². The third-order valence-electron chi connectivity index (χ3n) is 4.53. The summed E-state index contributed by atoms with van der Waals surface area (Å²) in [5.74, 6) is 4.15. The van der Waals surface area contributed by atoms with Gasteiger partial charge in [-0.05, 0) is 55.6 Å². The monoisotopic (exact) mass is 285 g/mol. The van der Waals surface area contributed by atoms with Crippen LogP contribution in [0.25, 0.3) is 0 Å². The summed E-state index contributed by atoms with van der Waals surface area (Å²) in [5.41, 5.74) is 0.429. The van der Waals surface area contributed by atoms with E-state index in [0.717, 1.165) is 31.5 Å². The van der Waals surface area contributed by atoms with Crippen molar-refractivity contribution < 1.29 is 4.74 Å². The number of ether oxygens (including phenoxy) is 1. The average Bonchev–Trinajstić information content (AvgIpc) is 3.12. The fraction of sp³-hybridized carbons (Fsp3) is 1.00. The summed E-state index contributed by atoms with van der Waals surface area (Å²) in [6.07, 6.45) is 5.95. The molecule has 2 unspecified atom stereocenters. The number of thioether (sulfide) groups is 1. The number of hydrogen-bond donors (Lipinski definition) is 1. The third kappa shape index (κ3) is 4.37. The molecule has 0 aromatic rings. The Balaban J connectivity index is 1.90. The van der Waals surface area contributed by atoms with Gasteiger partial charge in [0.25, 0.3) is 0 Å². The third-order valence-corrected chi connectivity index (χ3v) is 5.43. The predicted octanol–water partition coefficient (Wildman–Crippen LogP) is 3.56. The zero-order valence-electron chi connectivity index (χ0n) is 12.9. The van der Waals surface area contributed by atoms with Gasteiger partial charge in [-0.25, -0.2) is 0 Å². The summed E-state index contributed by atoms with van der Waals surface area (Å²) in [7, 11) is 0. The SMILES string of the molecule is CCSCCC1(CNCC(C)C)CCOC1C1CC1. The Kier molecular flexibility index (Phi) is 6.04. The van der Waals surface area contributed by atoms with Gasteiger partial charge < -0.3 is 10.1 Å². The second kappa shape index (κ2) is 7.33. The molecule has 0 spiro atoms. The standard InChI is InChI=1S/C16H31NOS/c1-4-19-10-8-16(12-17-11-13(2)3)7-9-18-15(16)14-5-6-14/h13-15,17H,4-12H2,1-3H3. The molecule has 2 rings (SSSR count). The van der Waals surface area contributed by atoms with E-state index >= 15 is 0 Å². The van der Waals surface area contributed by atoms with E-state index in [2.05, 4.69) is 37.8 Å². The summed E-state index contributed by atoms with van der Waals surface area (Å²) >= 11 is 2.08. The zero-order chi connectivity index (χ0) is 13.7. The topological polar surface area (TPSA) is 21.3 Å². The molecule has 2 atom stereocenters. The van der Waals surface area contributed by atoms with Gasteiger partial charge >= 0.3 is 0 Å². The molecule has 1 saturated heterocycles. The maximum absolute atomic E-state index is 6.13. The second-order valence-corrected chi connectivity index (χ2v) is 8.11. The van der Waals surface area contributed by atoms with E-state index in [9.17, 15) is 0 Å². The van der Waals surface area contributed by atoms with Gasteiger partial charge in [-0.2, -0.15) is 11.8 Å².